The number of pyridine rings is 1. The van der Waals surface area contributed by atoms with Crippen LogP contribution < -0.4 is 20.1 Å². The van der Waals surface area contributed by atoms with Gasteiger partial charge >= 0.3 is 0 Å². The van der Waals surface area contributed by atoms with Crippen molar-refractivity contribution in [3.63, 3.8) is 0 Å². The smallest absolute Gasteiger partial charge is 0.162 e. The number of aromatic nitrogens is 1. The maximum atomic E-state index is 5.79. The lowest BCUT2D eigenvalue weighted by molar-refractivity contribution is 0.201. The van der Waals surface area contributed by atoms with E-state index in [1.807, 2.05) is 18.3 Å². The fourth-order valence-electron chi connectivity index (χ4n) is 3.29. The summed E-state index contributed by atoms with van der Waals surface area (Å²) >= 11 is 0. The molecule has 7 heteroatoms. The van der Waals surface area contributed by atoms with Gasteiger partial charge in [-0.05, 0) is 19.1 Å². The summed E-state index contributed by atoms with van der Waals surface area (Å²) in [6, 6.07) is 6.47. The summed E-state index contributed by atoms with van der Waals surface area (Å²) in [5, 5.41) is 1.09. The van der Waals surface area contributed by atoms with E-state index in [0.717, 1.165) is 42.8 Å². The van der Waals surface area contributed by atoms with Gasteiger partial charge in [-0.3, -0.25) is 9.88 Å². The monoisotopic (exact) mass is 366 g/mol. The molecular weight excluding hydrogens is 340 g/mol. The summed E-state index contributed by atoms with van der Waals surface area (Å²) in [4.78, 5) is 9.35. The number of fused-ring (bicyclic) bond motifs is 1. The highest BCUT2D eigenvalue weighted by molar-refractivity contribution is 5.94. The van der Waals surface area contributed by atoms with Crippen LogP contribution in [0.25, 0.3) is 10.9 Å². The molecule has 6 nitrogen and oxygen atoms in total. The predicted octanol–water partition coefficient (Wildman–Crippen LogP) is 2.14. The number of hydrogen-bond donors (Lipinski definition) is 1. The van der Waals surface area contributed by atoms with Crippen molar-refractivity contribution in [1.82, 2.24) is 9.88 Å². The lowest BCUT2D eigenvalue weighted by atomic mass is 10.1. The van der Waals surface area contributed by atoms with Gasteiger partial charge in [-0.2, -0.15) is 0 Å². The van der Waals surface area contributed by atoms with E-state index in [4.69, 9.17) is 15.2 Å². The van der Waals surface area contributed by atoms with Gasteiger partial charge in [0, 0.05) is 62.1 Å². The fraction of sp³-hybridized carbons (Fsp3) is 0.500. The van der Waals surface area contributed by atoms with E-state index in [1.54, 1.807) is 14.2 Å². The minimum Gasteiger partial charge on any atom is -0.493 e. The number of anilines is 1. The summed E-state index contributed by atoms with van der Waals surface area (Å²) < 4.78 is 10.8. The first-order valence-electron chi connectivity index (χ1n) is 8.37. The first kappa shape index (κ1) is 19.6. The number of ether oxygens (including phenoxy) is 2. The van der Waals surface area contributed by atoms with Crippen LogP contribution in [0.1, 0.15) is 6.92 Å². The molecule has 0 saturated carbocycles. The molecule has 1 aliphatic rings. The Bertz CT molecular complexity index is 705. The largest absolute Gasteiger partial charge is 0.493 e. The standard InChI is InChI=1S/C18H26N4O2.ClH/c1-13(12-19)21-6-8-22(9-7-21)16-4-5-20-15-11-18(24-3)17(23-2)10-14(15)16;/h4-5,10-11,13H,6-9,12,19H2,1-3H3;1H. The lowest BCUT2D eigenvalue weighted by Gasteiger charge is -2.39. The predicted molar refractivity (Wildman–Crippen MR) is 104 cm³/mol. The summed E-state index contributed by atoms with van der Waals surface area (Å²) in [5.41, 5.74) is 7.91. The van der Waals surface area contributed by atoms with Gasteiger partial charge in [-0.1, -0.05) is 0 Å². The Kier molecular flexibility index (Phi) is 6.70. The Hall–Kier alpha value is -1.76. The molecule has 1 aromatic carbocycles. The molecule has 1 atom stereocenters. The van der Waals surface area contributed by atoms with Crippen LogP contribution in [0, 0.1) is 0 Å². The average Bonchev–Trinajstić information content (AvgIpc) is 2.65. The molecule has 0 aliphatic carbocycles. The quantitative estimate of drug-likeness (QED) is 0.874. The summed E-state index contributed by atoms with van der Waals surface area (Å²) in [6.45, 7) is 6.91. The topological polar surface area (TPSA) is 63.9 Å². The van der Waals surface area contributed by atoms with Crippen LogP contribution in [-0.2, 0) is 0 Å². The van der Waals surface area contributed by atoms with E-state index in [0.29, 0.717) is 18.3 Å². The van der Waals surface area contributed by atoms with Crippen LogP contribution in [0.5, 0.6) is 11.5 Å². The molecule has 1 aromatic heterocycles. The van der Waals surface area contributed by atoms with Crippen molar-refractivity contribution in [1.29, 1.82) is 0 Å². The number of piperazine rings is 1. The molecule has 1 fully saturated rings. The van der Waals surface area contributed by atoms with Crippen molar-refractivity contribution >= 4 is 29.0 Å². The van der Waals surface area contributed by atoms with Gasteiger partial charge in [-0.25, -0.2) is 0 Å². The zero-order chi connectivity index (χ0) is 17.1. The van der Waals surface area contributed by atoms with Crippen LogP contribution in [0.3, 0.4) is 0 Å². The molecule has 3 rings (SSSR count). The van der Waals surface area contributed by atoms with Crippen molar-refractivity contribution in [2.45, 2.75) is 13.0 Å². The minimum atomic E-state index is 0. The fourth-order valence-corrected chi connectivity index (χ4v) is 3.29. The minimum absolute atomic E-state index is 0. The molecule has 1 saturated heterocycles. The molecular formula is C18H27ClN4O2. The number of hydrogen-bond acceptors (Lipinski definition) is 6. The third-order valence-electron chi connectivity index (χ3n) is 4.84. The number of benzene rings is 1. The maximum Gasteiger partial charge on any atom is 0.162 e. The first-order valence-corrected chi connectivity index (χ1v) is 8.37. The van der Waals surface area contributed by atoms with Gasteiger partial charge in [0.05, 0.1) is 19.7 Å². The molecule has 2 N–H and O–H groups in total. The summed E-state index contributed by atoms with van der Waals surface area (Å²) in [5.74, 6) is 1.44. The van der Waals surface area contributed by atoms with E-state index in [-0.39, 0.29) is 12.4 Å². The second-order valence-corrected chi connectivity index (χ2v) is 6.16. The first-order chi connectivity index (χ1) is 11.7. The van der Waals surface area contributed by atoms with Crippen molar-refractivity contribution in [2.24, 2.45) is 5.73 Å². The highest BCUT2D eigenvalue weighted by atomic mass is 35.5. The second-order valence-electron chi connectivity index (χ2n) is 6.16. The normalized spacial score (nSPS) is 16.4. The number of rotatable bonds is 5. The van der Waals surface area contributed by atoms with E-state index in [2.05, 4.69) is 27.8 Å². The lowest BCUT2D eigenvalue weighted by Crippen LogP contribution is -2.51. The van der Waals surface area contributed by atoms with Crippen LogP contribution in [-0.4, -0.2) is 62.9 Å². The Morgan fingerprint density at radius 2 is 1.76 bits per heavy atom. The zero-order valence-corrected chi connectivity index (χ0v) is 15.9. The van der Waals surface area contributed by atoms with Gasteiger partial charge in [0.1, 0.15) is 0 Å². The van der Waals surface area contributed by atoms with Crippen molar-refractivity contribution in [3.8, 4) is 11.5 Å². The van der Waals surface area contributed by atoms with Crippen LogP contribution in [0.2, 0.25) is 0 Å². The SMILES string of the molecule is COc1cc2nccc(N3CCN(C(C)CN)CC3)c2cc1OC.Cl. The Balaban J connectivity index is 0.00000225. The molecule has 1 unspecified atom stereocenters. The van der Waals surface area contributed by atoms with Crippen LogP contribution in [0.4, 0.5) is 5.69 Å². The highest BCUT2D eigenvalue weighted by Gasteiger charge is 2.22. The average molecular weight is 367 g/mol. The molecule has 0 spiro atoms. The van der Waals surface area contributed by atoms with E-state index < -0.39 is 0 Å². The maximum absolute atomic E-state index is 5.79. The highest BCUT2D eigenvalue weighted by Crippen LogP contribution is 2.35. The Labute approximate surface area is 155 Å². The van der Waals surface area contributed by atoms with Gasteiger partial charge < -0.3 is 20.1 Å². The van der Waals surface area contributed by atoms with Crippen molar-refractivity contribution in [2.75, 3.05) is 51.8 Å². The third kappa shape index (κ3) is 3.92. The zero-order valence-electron chi connectivity index (χ0n) is 15.1. The Morgan fingerprint density at radius 1 is 1.12 bits per heavy atom. The van der Waals surface area contributed by atoms with E-state index >= 15 is 0 Å². The molecule has 1 aliphatic heterocycles. The van der Waals surface area contributed by atoms with Crippen molar-refractivity contribution < 1.29 is 9.47 Å². The molecule has 0 bridgehead atoms. The second kappa shape index (κ2) is 8.56. The van der Waals surface area contributed by atoms with Gasteiger partial charge in [-0.15, -0.1) is 12.4 Å². The Morgan fingerprint density at radius 3 is 2.36 bits per heavy atom. The number of nitrogens with two attached hydrogens (primary N) is 1. The summed E-state index contributed by atoms with van der Waals surface area (Å²) in [6.07, 6.45) is 1.86. The van der Waals surface area contributed by atoms with Gasteiger partial charge in [0.2, 0.25) is 0 Å². The van der Waals surface area contributed by atoms with E-state index in [1.165, 1.54) is 5.69 Å². The van der Waals surface area contributed by atoms with Crippen molar-refractivity contribution in [3.05, 3.63) is 24.4 Å². The summed E-state index contributed by atoms with van der Waals surface area (Å²) in [7, 11) is 3.30. The molecule has 0 amide bonds. The molecule has 25 heavy (non-hydrogen) atoms. The van der Waals surface area contributed by atoms with Gasteiger partial charge in [0.25, 0.3) is 0 Å². The number of methoxy groups -OCH3 is 2. The third-order valence-corrected chi connectivity index (χ3v) is 4.84. The molecule has 2 aromatic rings. The van der Waals surface area contributed by atoms with E-state index in [9.17, 15) is 0 Å². The van der Waals surface area contributed by atoms with Crippen LogP contribution in [0.15, 0.2) is 24.4 Å². The number of nitrogens with zero attached hydrogens (tertiary/aromatic N) is 3. The number of halogens is 1. The molecule has 0 radical (unpaired) electrons. The van der Waals surface area contributed by atoms with Gasteiger partial charge in [0.15, 0.2) is 11.5 Å². The van der Waals surface area contributed by atoms with Crippen LogP contribution >= 0.6 is 12.4 Å². The molecule has 138 valence electrons. The molecule has 2 heterocycles.